The van der Waals surface area contributed by atoms with Crippen molar-refractivity contribution < 1.29 is 14.6 Å². The Kier molecular flexibility index (Phi) is 5.38. The molecule has 2 aromatic heterocycles. The maximum absolute atomic E-state index is 12.2. The van der Waals surface area contributed by atoms with Gasteiger partial charge in [-0.2, -0.15) is 0 Å². The van der Waals surface area contributed by atoms with E-state index in [0.29, 0.717) is 17.1 Å². The highest BCUT2D eigenvalue weighted by Gasteiger charge is 2.25. The zero-order valence-electron chi connectivity index (χ0n) is 14.5. The second kappa shape index (κ2) is 7.55. The van der Waals surface area contributed by atoms with Crippen molar-refractivity contribution >= 4 is 40.7 Å². The molecule has 0 saturated carbocycles. The molecule has 0 bridgehead atoms. The fourth-order valence-corrected chi connectivity index (χ4v) is 4.59. The van der Waals surface area contributed by atoms with Gasteiger partial charge in [-0.1, -0.05) is 0 Å². The third kappa shape index (κ3) is 3.24. The Hall–Kier alpha value is -2.26. The molecule has 0 aromatic carbocycles. The summed E-state index contributed by atoms with van der Waals surface area (Å²) in [5.74, 6) is -0.676. The molecule has 0 fully saturated rings. The Bertz CT molecular complexity index is 1000. The maximum atomic E-state index is 12.2. The van der Waals surface area contributed by atoms with Gasteiger partial charge in [0.1, 0.15) is 10.6 Å². The predicted molar refractivity (Wildman–Crippen MR) is 103 cm³/mol. The molecule has 2 heterocycles. The summed E-state index contributed by atoms with van der Waals surface area (Å²) in [5, 5.41) is 10.8. The summed E-state index contributed by atoms with van der Waals surface area (Å²) in [5.41, 5.74) is 0.926. The molecule has 0 amide bonds. The smallest absolute Gasteiger partial charge is 0.341 e. The number of methoxy groups -OCH3 is 1. The molecule has 2 aromatic rings. The molecular formula is C17H19N3O4S2. The van der Waals surface area contributed by atoms with Crippen LogP contribution in [-0.2, 0) is 24.1 Å². The van der Waals surface area contributed by atoms with Crippen molar-refractivity contribution in [1.29, 1.82) is 0 Å². The lowest BCUT2D eigenvalue weighted by Gasteiger charge is -2.11. The van der Waals surface area contributed by atoms with Crippen molar-refractivity contribution in [2.45, 2.75) is 39.2 Å². The van der Waals surface area contributed by atoms with Gasteiger partial charge in [-0.15, -0.1) is 11.3 Å². The van der Waals surface area contributed by atoms with E-state index in [4.69, 9.17) is 17.0 Å². The van der Waals surface area contributed by atoms with Gasteiger partial charge in [-0.3, -0.25) is 14.3 Å². The molecule has 0 unspecified atom stereocenters. The maximum Gasteiger partial charge on any atom is 0.341 e. The monoisotopic (exact) mass is 393 g/mol. The number of aromatic nitrogens is 2. The molecule has 9 heteroatoms. The van der Waals surface area contributed by atoms with Crippen LogP contribution < -0.4 is 5.56 Å². The third-order valence-corrected chi connectivity index (χ3v) is 5.90. The minimum Gasteiger partial charge on any atom is -0.494 e. The van der Waals surface area contributed by atoms with Crippen LogP contribution in [0.1, 0.15) is 46.1 Å². The highest BCUT2D eigenvalue weighted by Crippen LogP contribution is 2.40. The van der Waals surface area contributed by atoms with Crippen LogP contribution in [0.3, 0.4) is 0 Å². The second-order valence-corrected chi connectivity index (χ2v) is 7.35. The number of H-pyrrole nitrogens is 1. The van der Waals surface area contributed by atoms with Crippen molar-refractivity contribution in [3.05, 3.63) is 36.7 Å². The number of ether oxygens (including phenoxy) is 1. The first-order valence-electron chi connectivity index (χ1n) is 8.30. The van der Waals surface area contributed by atoms with E-state index in [-0.39, 0.29) is 16.2 Å². The molecule has 0 spiro atoms. The molecule has 1 aliphatic rings. The number of carbonyl (C=O) groups is 1. The van der Waals surface area contributed by atoms with Gasteiger partial charge in [0.05, 0.1) is 12.7 Å². The number of nitrogens with one attached hydrogen (secondary N) is 1. The van der Waals surface area contributed by atoms with Crippen LogP contribution in [-0.4, -0.2) is 34.0 Å². The molecule has 0 atom stereocenters. The van der Waals surface area contributed by atoms with E-state index < -0.39 is 11.5 Å². The van der Waals surface area contributed by atoms with E-state index in [1.807, 2.05) is 0 Å². The number of aliphatic imine (C=N–C) groups is 1. The van der Waals surface area contributed by atoms with Gasteiger partial charge < -0.3 is 9.84 Å². The molecule has 0 saturated heterocycles. The quantitative estimate of drug-likeness (QED) is 0.473. The molecule has 0 aliphatic heterocycles. The average Bonchev–Trinajstić information content (AvgIpc) is 2.99. The van der Waals surface area contributed by atoms with Gasteiger partial charge in [0, 0.05) is 17.6 Å². The van der Waals surface area contributed by atoms with Crippen LogP contribution in [0.5, 0.6) is 5.88 Å². The van der Waals surface area contributed by atoms with Gasteiger partial charge >= 0.3 is 5.97 Å². The van der Waals surface area contributed by atoms with Crippen molar-refractivity contribution in [3.63, 3.8) is 0 Å². The summed E-state index contributed by atoms with van der Waals surface area (Å²) < 4.78 is 6.46. The Balaban J connectivity index is 2.10. The van der Waals surface area contributed by atoms with E-state index >= 15 is 0 Å². The highest BCUT2D eigenvalue weighted by atomic mass is 32.1. The normalized spacial score (nSPS) is 13.8. The number of esters is 1. The van der Waals surface area contributed by atoms with Gasteiger partial charge in [0.2, 0.25) is 5.88 Å². The van der Waals surface area contributed by atoms with Crippen molar-refractivity contribution in [2.75, 3.05) is 7.11 Å². The molecule has 26 heavy (non-hydrogen) atoms. The summed E-state index contributed by atoms with van der Waals surface area (Å²) in [4.78, 5) is 32.4. The Morgan fingerprint density at radius 1 is 1.46 bits per heavy atom. The first-order chi connectivity index (χ1) is 12.5. The SMILES string of the molecule is CCn1c(O)c(C=Nc2sc3c(c2C(=O)OC)CCCC3)c(=O)[nH]c1=S. The van der Waals surface area contributed by atoms with Crippen LogP contribution in [0, 0.1) is 4.77 Å². The third-order valence-electron chi connectivity index (χ3n) is 4.38. The Labute approximate surface area is 159 Å². The molecule has 7 nitrogen and oxygen atoms in total. The van der Waals surface area contributed by atoms with E-state index in [1.165, 1.54) is 29.2 Å². The van der Waals surface area contributed by atoms with Crippen molar-refractivity contribution in [2.24, 2.45) is 4.99 Å². The number of aromatic amines is 1. The number of nitrogens with zero attached hydrogens (tertiary/aromatic N) is 2. The number of carbonyl (C=O) groups excluding carboxylic acids is 1. The average molecular weight is 393 g/mol. The van der Waals surface area contributed by atoms with Crippen LogP contribution in [0.2, 0.25) is 0 Å². The van der Waals surface area contributed by atoms with Gasteiger partial charge in [-0.25, -0.2) is 9.79 Å². The number of hydrogen-bond acceptors (Lipinski definition) is 7. The zero-order valence-corrected chi connectivity index (χ0v) is 16.1. The molecule has 2 N–H and O–H groups in total. The lowest BCUT2D eigenvalue weighted by atomic mass is 9.95. The van der Waals surface area contributed by atoms with Crippen LogP contribution in [0.25, 0.3) is 0 Å². The second-order valence-electron chi connectivity index (χ2n) is 5.88. The number of aryl methyl sites for hydroxylation is 1. The van der Waals surface area contributed by atoms with Crippen molar-refractivity contribution in [3.8, 4) is 5.88 Å². The Morgan fingerprint density at radius 3 is 2.88 bits per heavy atom. The number of fused-ring (bicyclic) bond motifs is 1. The fourth-order valence-electron chi connectivity index (χ4n) is 3.06. The molecular weight excluding hydrogens is 374 g/mol. The van der Waals surface area contributed by atoms with Gasteiger partial charge in [0.15, 0.2) is 4.77 Å². The highest BCUT2D eigenvalue weighted by molar-refractivity contribution is 7.71. The summed E-state index contributed by atoms with van der Waals surface area (Å²) >= 11 is 6.47. The van der Waals surface area contributed by atoms with E-state index in [2.05, 4.69) is 9.98 Å². The lowest BCUT2D eigenvalue weighted by molar-refractivity contribution is 0.0601. The molecule has 3 rings (SSSR count). The molecule has 1 aliphatic carbocycles. The van der Waals surface area contributed by atoms with E-state index in [1.54, 1.807) is 6.92 Å². The summed E-state index contributed by atoms with van der Waals surface area (Å²) in [6.45, 7) is 2.21. The van der Waals surface area contributed by atoms with Crippen LogP contribution in [0.15, 0.2) is 9.79 Å². The lowest BCUT2D eigenvalue weighted by Crippen LogP contribution is -2.18. The molecule has 138 valence electrons. The van der Waals surface area contributed by atoms with Crippen LogP contribution >= 0.6 is 23.6 Å². The number of aromatic hydroxyl groups is 1. The first-order valence-corrected chi connectivity index (χ1v) is 9.53. The molecule has 0 radical (unpaired) electrons. The fraction of sp³-hybridized carbons (Fsp3) is 0.412. The van der Waals surface area contributed by atoms with Gasteiger partial charge in [-0.05, 0) is 50.4 Å². The van der Waals surface area contributed by atoms with E-state index in [0.717, 1.165) is 36.1 Å². The Morgan fingerprint density at radius 2 is 2.19 bits per heavy atom. The van der Waals surface area contributed by atoms with Gasteiger partial charge in [0.25, 0.3) is 5.56 Å². The van der Waals surface area contributed by atoms with Crippen LogP contribution in [0.4, 0.5) is 5.00 Å². The number of thiophene rings is 1. The predicted octanol–water partition coefficient (Wildman–Crippen LogP) is 3.11. The topological polar surface area (TPSA) is 96.7 Å². The number of rotatable bonds is 4. The summed E-state index contributed by atoms with van der Waals surface area (Å²) in [7, 11) is 1.34. The number of hydrogen-bond donors (Lipinski definition) is 2. The first kappa shape index (κ1) is 18.5. The minimum atomic E-state index is -0.526. The summed E-state index contributed by atoms with van der Waals surface area (Å²) in [6, 6.07) is 0. The largest absolute Gasteiger partial charge is 0.494 e. The van der Waals surface area contributed by atoms with E-state index in [9.17, 15) is 14.7 Å². The van der Waals surface area contributed by atoms with Crippen molar-refractivity contribution in [1.82, 2.24) is 9.55 Å². The summed E-state index contributed by atoms with van der Waals surface area (Å²) in [6.07, 6.45) is 5.10. The minimum absolute atomic E-state index is 0.00244. The zero-order chi connectivity index (χ0) is 18.8. The standard InChI is InChI=1S/C17H19N3O4S2/c1-3-20-15(22)10(13(21)19-17(20)25)8-18-14-12(16(23)24-2)9-6-4-5-7-11(9)26-14/h8,22H,3-7H2,1-2H3,(H,19,21,25).